The van der Waals surface area contributed by atoms with Gasteiger partial charge < -0.3 is 4.74 Å². The van der Waals surface area contributed by atoms with E-state index >= 15 is 0 Å². The second kappa shape index (κ2) is 11.9. The molecule has 1 saturated carbocycles. The molecule has 4 nitrogen and oxygen atoms in total. The van der Waals surface area contributed by atoms with Crippen LogP contribution in [0.3, 0.4) is 0 Å². The molecule has 0 amide bonds. The molecule has 0 radical (unpaired) electrons. The fraction of sp³-hybridized carbons (Fsp3) is 0.306. The highest BCUT2D eigenvalue weighted by molar-refractivity contribution is 6.08. The molecule has 3 heterocycles. The Bertz CT molecular complexity index is 2500. The first kappa shape index (κ1) is 32.4. The molecule has 0 aliphatic heterocycles. The number of nitrogens with zero attached hydrogens (tertiary/aromatic N) is 3. The first-order valence-electron chi connectivity index (χ1n) is 19.6. The highest BCUT2D eigenvalue weighted by atomic mass is 16.5. The summed E-state index contributed by atoms with van der Waals surface area (Å²) in [5.74, 6) is 2.31. The number of hydrogen-bond donors (Lipinski definition) is 0. The quantitative estimate of drug-likeness (QED) is 0.180. The first-order chi connectivity index (χ1) is 25.7. The maximum atomic E-state index is 6.88. The molecular weight excluding hydrogens is 647 g/mol. The third-order valence-electron chi connectivity index (χ3n) is 13.8. The summed E-state index contributed by atoms with van der Waals surface area (Å²) in [4.78, 5) is 9.80. The molecule has 0 atom stereocenters. The Morgan fingerprint density at radius 2 is 1.42 bits per heavy atom. The minimum atomic E-state index is -0.00360. The molecule has 3 aliphatic carbocycles. The van der Waals surface area contributed by atoms with Gasteiger partial charge in [0.25, 0.3) is 0 Å². The van der Waals surface area contributed by atoms with Crippen molar-refractivity contribution in [2.75, 3.05) is 0 Å². The zero-order chi connectivity index (χ0) is 36.0. The second-order valence-corrected chi connectivity index (χ2v) is 17.0. The summed E-state index contributed by atoms with van der Waals surface area (Å²) in [5, 5.41) is 2.47. The molecular formula is C49H47N3O. The number of aromatic nitrogens is 3. The van der Waals surface area contributed by atoms with Crippen LogP contribution in [0.1, 0.15) is 93.5 Å². The SMILES string of the molecule is CC1(C)c2ccccc2C(C)(C)C12Cc1cc(Oc3cccc(-n4c5ccc(C6CCCCC6)cc5c5cccnc54)c3)cc(-c3ccccn3)c1C2. The minimum Gasteiger partial charge on any atom is -0.457 e. The van der Waals surface area contributed by atoms with Gasteiger partial charge in [0.2, 0.25) is 0 Å². The summed E-state index contributed by atoms with van der Waals surface area (Å²) in [7, 11) is 0. The molecule has 1 fully saturated rings. The lowest BCUT2D eigenvalue weighted by Crippen LogP contribution is -2.48. The maximum absolute atomic E-state index is 6.88. The van der Waals surface area contributed by atoms with Crippen molar-refractivity contribution in [3.05, 3.63) is 149 Å². The van der Waals surface area contributed by atoms with Gasteiger partial charge in [-0.15, -0.1) is 0 Å². The summed E-state index contributed by atoms with van der Waals surface area (Å²) >= 11 is 0. The number of pyridine rings is 2. The standard InChI is InChI=1S/C49H47N3O/c1-47(2)42-19-8-9-20-43(42)48(3,4)49(47)30-34-26-37(29-39(41(34)31-49)44-21-10-11-24-50-44)53-36-17-12-16-35(28-36)52-45-23-22-33(32-14-6-5-7-15-32)27-40(45)38-18-13-25-51-46(38)52/h8-13,16-29,32H,5-7,14-15,30-31H2,1-4H3. The Labute approximate surface area is 312 Å². The molecule has 1 spiro atoms. The van der Waals surface area contributed by atoms with Gasteiger partial charge in [-0.25, -0.2) is 4.98 Å². The van der Waals surface area contributed by atoms with Crippen molar-refractivity contribution in [2.24, 2.45) is 5.41 Å². The Morgan fingerprint density at radius 1 is 0.642 bits per heavy atom. The lowest BCUT2D eigenvalue weighted by atomic mass is 9.55. The van der Waals surface area contributed by atoms with Gasteiger partial charge >= 0.3 is 0 Å². The normalized spacial score (nSPS) is 18.4. The number of rotatable bonds is 5. The molecule has 0 saturated heterocycles. The monoisotopic (exact) mass is 693 g/mol. The smallest absolute Gasteiger partial charge is 0.145 e. The van der Waals surface area contributed by atoms with Crippen LogP contribution in [0.25, 0.3) is 38.9 Å². The average Bonchev–Trinajstić information content (AvgIpc) is 3.79. The number of hydrogen-bond acceptors (Lipinski definition) is 3. The summed E-state index contributed by atoms with van der Waals surface area (Å²) in [6.45, 7) is 9.87. The van der Waals surface area contributed by atoms with Gasteiger partial charge in [-0.2, -0.15) is 0 Å². The van der Waals surface area contributed by atoms with Crippen molar-refractivity contribution in [2.45, 2.75) is 89.4 Å². The van der Waals surface area contributed by atoms with Crippen LogP contribution in [0, 0.1) is 5.41 Å². The third kappa shape index (κ3) is 4.80. The highest BCUT2D eigenvalue weighted by Crippen LogP contribution is 2.67. The zero-order valence-corrected chi connectivity index (χ0v) is 31.3. The van der Waals surface area contributed by atoms with Crippen LogP contribution in [-0.4, -0.2) is 14.5 Å². The molecule has 10 rings (SSSR count). The van der Waals surface area contributed by atoms with Gasteiger partial charge in [0.05, 0.1) is 16.9 Å². The lowest BCUT2D eigenvalue weighted by molar-refractivity contribution is 0.0889. The average molecular weight is 694 g/mol. The fourth-order valence-electron chi connectivity index (χ4n) is 11.0. The Kier molecular flexibility index (Phi) is 7.28. The number of benzene rings is 4. The van der Waals surface area contributed by atoms with Crippen molar-refractivity contribution in [1.82, 2.24) is 14.5 Å². The summed E-state index contributed by atoms with van der Waals surface area (Å²) in [6, 6.07) is 39.8. The van der Waals surface area contributed by atoms with Crippen molar-refractivity contribution in [3.63, 3.8) is 0 Å². The molecule has 53 heavy (non-hydrogen) atoms. The Morgan fingerprint density at radius 3 is 2.19 bits per heavy atom. The predicted octanol–water partition coefficient (Wildman–Crippen LogP) is 12.4. The van der Waals surface area contributed by atoms with Crippen LogP contribution < -0.4 is 4.74 Å². The van der Waals surface area contributed by atoms with Crippen molar-refractivity contribution in [3.8, 4) is 28.4 Å². The van der Waals surface area contributed by atoms with E-state index in [2.05, 4.69) is 135 Å². The van der Waals surface area contributed by atoms with Crippen molar-refractivity contribution >= 4 is 21.9 Å². The van der Waals surface area contributed by atoms with Gasteiger partial charge in [-0.1, -0.05) is 89.4 Å². The van der Waals surface area contributed by atoms with Gasteiger partial charge in [0.1, 0.15) is 17.1 Å². The van der Waals surface area contributed by atoms with E-state index in [1.807, 2.05) is 18.5 Å². The van der Waals surface area contributed by atoms with E-state index in [0.717, 1.165) is 41.4 Å². The molecule has 0 N–H and O–H groups in total. The third-order valence-corrected chi connectivity index (χ3v) is 13.8. The molecule has 4 heteroatoms. The molecule has 264 valence electrons. The van der Waals surface area contributed by atoms with Crippen molar-refractivity contribution in [1.29, 1.82) is 0 Å². The lowest BCUT2D eigenvalue weighted by Gasteiger charge is -2.48. The summed E-state index contributed by atoms with van der Waals surface area (Å²) < 4.78 is 9.18. The van der Waals surface area contributed by atoms with E-state index in [9.17, 15) is 0 Å². The maximum Gasteiger partial charge on any atom is 0.145 e. The molecule has 0 unspecified atom stereocenters. The van der Waals surface area contributed by atoms with E-state index < -0.39 is 0 Å². The first-order valence-corrected chi connectivity index (χ1v) is 19.6. The second-order valence-electron chi connectivity index (χ2n) is 17.0. The molecule has 3 aromatic heterocycles. The number of fused-ring (bicyclic) bond motifs is 5. The topological polar surface area (TPSA) is 39.9 Å². The van der Waals surface area contributed by atoms with E-state index in [4.69, 9.17) is 14.7 Å². The molecule has 7 aromatic rings. The van der Waals surface area contributed by atoms with E-state index in [1.54, 1.807) is 0 Å². The van der Waals surface area contributed by atoms with E-state index in [-0.39, 0.29) is 16.2 Å². The Balaban J connectivity index is 1.05. The zero-order valence-electron chi connectivity index (χ0n) is 31.3. The largest absolute Gasteiger partial charge is 0.457 e. The van der Waals surface area contributed by atoms with Crippen molar-refractivity contribution < 1.29 is 4.74 Å². The van der Waals surface area contributed by atoms with Crippen LogP contribution in [0.15, 0.2) is 122 Å². The Hall–Kier alpha value is -5.22. The number of ether oxygens (including phenoxy) is 1. The summed E-state index contributed by atoms with van der Waals surface area (Å²) in [6.07, 6.45) is 12.4. The molecule has 4 aromatic carbocycles. The molecule has 3 aliphatic rings. The van der Waals surface area contributed by atoms with Crippen LogP contribution in [0.2, 0.25) is 0 Å². The van der Waals surface area contributed by atoms with Gasteiger partial charge in [-0.3, -0.25) is 9.55 Å². The van der Waals surface area contributed by atoms with Gasteiger partial charge in [-0.05, 0) is 136 Å². The molecule has 0 bridgehead atoms. The van der Waals surface area contributed by atoms with E-state index in [0.29, 0.717) is 5.92 Å². The highest BCUT2D eigenvalue weighted by Gasteiger charge is 2.64. The van der Waals surface area contributed by atoms with Gasteiger partial charge in [0, 0.05) is 34.8 Å². The summed E-state index contributed by atoms with van der Waals surface area (Å²) in [5.41, 5.74) is 12.6. The van der Waals surface area contributed by atoms with Crippen LogP contribution in [0.5, 0.6) is 11.5 Å². The minimum absolute atomic E-state index is 0.00360. The van der Waals surface area contributed by atoms with E-state index in [1.165, 1.54) is 81.8 Å². The van der Waals surface area contributed by atoms with Gasteiger partial charge in [0.15, 0.2) is 0 Å². The fourth-order valence-corrected chi connectivity index (χ4v) is 11.0. The van der Waals surface area contributed by atoms with Crippen LogP contribution in [-0.2, 0) is 23.7 Å². The van der Waals surface area contributed by atoms with Crippen LogP contribution in [0.4, 0.5) is 0 Å². The van der Waals surface area contributed by atoms with Crippen LogP contribution >= 0.6 is 0 Å². The predicted molar refractivity (Wildman–Crippen MR) is 216 cm³/mol.